The molecule has 0 N–H and O–H groups in total. The van der Waals surface area contributed by atoms with E-state index in [1.165, 1.54) is 6.07 Å². The standard InChI is InChI=1S/C20H25FN2O2/c1-14-13-19(17-3-2-4-18(21)20(17)22-14)23-9-5-15(6-10-23)25-16-7-11-24-12-8-16/h2-4,13,15-16H,5-12H2,1H3. The van der Waals surface area contributed by atoms with Crippen LogP contribution in [-0.4, -0.2) is 43.5 Å². The number of hydrogen-bond donors (Lipinski definition) is 0. The van der Waals surface area contributed by atoms with Gasteiger partial charge in [0.2, 0.25) is 0 Å². The van der Waals surface area contributed by atoms with Crippen LogP contribution in [0.5, 0.6) is 0 Å². The summed E-state index contributed by atoms with van der Waals surface area (Å²) < 4.78 is 25.8. The van der Waals surface area contributed by atoms with Crippen LogP contribution in [0.3, 0.4) is 0 Å². The molecule has 1 aromatic carbocycles. The van der Waals surface area contributed by atoms with E-state index in [4.69, 9.17) is 9.47 Å². The van der Waals surface area contributed by atoms with Crippen molar-refractivity contribution < 1.29 is 13.9 Å². The van der Waals surface area contributed by atoms with E-state index >= 15 is 0 Å². The van der Waals surface area contributed by atoms with Gasteiger partial charge in [0, 0.05) is 43.1 Å². The molecule has 0 aliphatic carbocycles. The molecule has 0 spiro atoms. The summed E-state index contributed by atoms with van der Waals surface area (Å²) in [4.78, 5) is 6.73. The highest BCUT2D eigenvalue weighted by molar-refractivity contribution is 5.92. The Labute approximate surface area is 147 Å². The van der Waals surface area contributed by atoms with Gasteiger partial charge in [0.15, 0.2) is 0 Å². The van der Waals surface area contributed by atoms with E-state index in [0.29, 0.717) is 17.7 Å². The molecule has 3 heterocycles. The fraction of sp³-hybridized carbons (Fsp3) is 0.550. The van der Waals surface area contributed by atoms with Gasteiger partial charge in [-0.25, -0.2) is 9.37 Å². The maximum atomic E-state index is 14.1. The van der Waals surface area contributed by atoms with Crippen LogP contribution in [0, 0.1) is 12.7 Å². The predicted octanol–water partition coefficient (Wildman–Crippen LogP) is 3.85. The first-order valence-corrected chi connectivity index (χ1v) is 9.25. The lowest BCUT2D eigenvalue weighted by Crippen LogP contribution is -2.39. The van der Waals surface area contributed by atoms with Crippen molar-refractivity contribution in [2.24, 2.45) is 0 Å². The van der Waals surface area contributed by atoms with E-state index in [1.807, 2.05) is 13.0 Å². The Morgan fingerprint density at radius 2 is 1.84 bits per heavy atom. The van der Waals surface area contributed by atoms with Crippen molar-refractivity contribution in [2.75, 3.05) is 31.2 Å². The first-order chi connectivity index (χ1) is 12.2. The maximum Gasteiger partial charge on any atom is 0.149 e. The minimum Gasteiger partial charge on any atom is -0.381 e. The number of halogens is 1. The second-order valence-electron chi connectivity index (χ2n) is 7.05. The van der Waals surface area contributed by atoms with Crippen LogP contribution in [0.15, 0.2) is 24.3 Å². The summed E-state index contributed by atoms with van der Waals surface area (Å²) in [5, 5.41) is 0.898. The topological polar surface area (TPSA) is 34.6 Å². The van der Waals surface area contributed by atoms with Crippen LogP contribution in [0.25, 0.3) is 10.9 Å². The van der Waals surface area contributed by atoms with Crippen molar-refractivity contribution in [1.82, 2.24) is 4.98 Å². The number of pyridine rings is 1. The number of nitrogens with zero attached hydrogens (tertiary/aromatic N) is 2. The summed E-state index contributed by atoms with van der Waals surface area (Å²) in [5.41, 5.74) is 2.41. The zero-order valence-electron chi connectivity index (χ0n) is 14.7. The predicted molar refractivity (Wildman–Crippen MR) is 96.6 cm³/mol. The number of fused-ring (bicyclic) bond motifs is 1. The molecule has 2 aliphatic heterocycles. The van der Waals surface area contributed by atoms with E-state index < -0.39 is 0 Å². The fourth-order valence-electron chi connectivity index (χ4n) is 3.90. The van der Waals surface area contributed by atoms with Gasteiger partial charge >= 0.3 is 0 Å². The number of rotatable bonds is 3. The first-order valence-electron chi connectivity index (χ1n) is 9.25. The Morgan fingerprint density at radius 1 is 1.12 bits per heavy atom. The van der Waals surface area contributed by atoms with Gasteiger partial charge in [-0.05, 0) is 44.7 Å². The molecular formula is C20H25FN2O2. The number of hydrogen-bond acceptors (Lipinski definition) is 4. The van der Waals surface area contributed by atoms with Crippen LogP contribution in [0.4, 0.5) is 10.1 Å². The third-order valence-corrected chi connectivity index (χ3v) is 5.23. The zero-order valence-corrected chi connectivity index (χ0v) is 14.7. The monoisotopic (exact) mass is 344 g/mol. The van der Waals surface area contributed by atoms with Crippen molar-refractivity contribution in [2.45, 2.75) is 44.8 Å². The van der Waals surface area contributed by atoms with Crippen LogP contribution in [0.2, 0.25) is 0 Å². The SMILES string of the molecule is Cc1cc(N2CCC(OC3CCOCC3)CC2)c2cccc(F)c2n1. The molecule has 0 bridgehead atoms. The van der Waals surface area contributed by atoms with E-state index in [0.717, 1.165) is 68.8 Å². The van der Waals surface area contributed by atoms with Gasteiger partial charge in [0.05, 0.1) is 12.2 Å². The average molecular weight is 344 g/mol. The van der Waals surface area contributed by atoms with Gasteiger partial charge in [-0.15, -0.1) is 0 Å². The summed E-state index contributed by atoms with van der Waals surface area (Å²) in [7, 11) is 0. The number of benzene rings is 1. The third kappa shape index (κ3) is 3.62. The molecule has 25 heavy (non-hydrogen) atoms. The second-order valence-corrected chi connectivity index (χ2v) is 7.05. The number of piperidine rings is 1. The molecule has 4 rings (SSSR count). The summed E-state index contributed by atoms with van der Waals surface area (Å²) in [6, 6.07) is 7.28. The molecule has 2 saturated heterocycles. The molecule has 5 heteroatoms. The van der Waals surface area contributed by atoms with Gasteiger partial charge in [0.1, 0.15) is 11.3 Å². The molecule has 1 aromatic heterocycles. The summed E-state index contributed by atoms with van der Waals surface area (Å²) in [6.07, 6.45) is 4.71. The molecular weight excluding hydrogens is 319 g/mol. The zero-order chi connectivity index (χ0) is 17.2. The highest BCUT2D eigenvalue weighted by Crippen LogP contribution is 2.31. The van der Waals surface area contributed by atoms with Gasteiger partial charge in [-0.3, -0.25) is 0 Å². The normalized spacial score (nSPS) is 20.3. The molecule has 4 nitrogen and oxygen atoms in total. The largest absolute Gasteiger partial charge is 0.381 e. The van der Waals surface area contributed by atoms with Gasteiger partial charge in [-0.1, -0.05) is 12.1 Å². The van der Waals surface area contributed by atoms with Gasteiger partial charge in [-0.2, -0.15) is 0 Å². The second kappa shape index (κ2) is 7.26. The van der Waals surface area contributed by atoms with Gasteiger partial charge < -0.3 is 14.4 Å². The van der Waals surface area contributed by atoms with Crippen molar-refractivity contribution in [3.05, 3.63) is 35.8 Å². The molecule has 2 aliphatic rings. The molecule has 0 radical (unpaired) electrons. The highest BCUT2D eigenvalue weighted by Gasteiger charge is 2.25. The average Bonchev–Trinajstić information content (AvgIpc) is 2.64. The van der Waals surface area contributed by atoms with Crippen LogP contribution in [-0.2, 0) is 9.47 Å². The quantitative estimate of drug-likeness (QED) is 0.847. The molecule has 0 unspecified atom stereocenters. The van der Waals surface area contributed by atoms with Crippen LogP contribution < -0.4 is 4.90 Å². The number of para-hydroxylation sites is 1. The Bertz CT molecular complexity index is 738. The third-order valence-electron chi connectivity index (χ3n) is 5.23. The molecule has 0 atom stereocenters. The lowest BCUT2D eigenvalue weighted by atomic mass is 10.0. The number of ether oxygens (including phenoxy) is 2. The molecule has 2 fully saturated rings. The Hall–Kier alpha value is -1.72. The molecule has 2 aromatic rings. The molecule has 0 saturated carbocycles. The smallest absolute Gasteiger partial charge is 0.149 e. The lowest BCUT2D eigenvalue weighted by molar-refractivity contribution is -0.0743. The van der Waals surface area contributed by atoms with Crippen LogP contribution in [0.1, 0.15) is 31.4 Å². The van der Waals surface area contributed by atoms with Crippen molar-refractivity contribution >= 4 is 16.6 Å². The Balaban J connectivity index is 1.47. The van der Waals surface area contributed by atoms with E-state index in [9.17, 15) is 4.39 Å². The van der Waals surface area contributed by atoms with E-state index in [1.54, 1.807) is 6.07 Å². The first kappa shape index (κ1) is 16.7. The Kier molecular flexibility index (Phi) is 4.86. The molecule has 0 amide bonds. The highest BCUT2D eigenvalue weighted by atomic mass is 19.1. The minimum absolute atomic E-state index is 0.250. The summed E-state index contributed by atoms with van der Waals surface area (Å²) >= 11 is 0. The Morgan fingerprint density at radius 3 is 2.60 bits per heavy atom. The summed E-state index contributed by atoms with van der Waals surface area (Å²) in [6.45, 7) is 5.43. The van der Waals surface area contributed by atoms with Crippen LogP contribution >= 0.6 is 0 Å². The fourth-order valence-corrected chi connectivity index (χ4v) is 3.90. The van der Waals surface area contributed by atoms with Crippen molar-refractivity contribution in [3.8, 4) is 0 Å². The van der Waals surface area contributed by atoms with Crippen molar-refractivity contribution in [3.63, 3.8) is 0 Å². The van der Waals surface area contributed by atoms with Gasteiger partial charge in [0.25, 0.3) is 0 Å². The lowest BCUT2D eigenvalue weighted by Gasteiger charge is -2.36. The van der Waals surface area contributed by atoms with E-state index in [2.05, 4.69) is 16.0 Å². The number of aromatic nitrogens is 1. The summed E-state index contributed by atoms with van der Waals surface area (Å²) in [5.74, 6) is -0.250. The molecule has 134 valence electrons. The van der Waals surface area contributed by atoms with Crippen molar-refractivity contribution in [1.29, 1.82) is 0 Å². The maximum absolute atomic E-state index is 14.1. The minimum atomic E-state index is -0.250. The van der Waals surface area contributed by atoms with E-state index in [-0.39, 0.29) is 5.82 Å². The number of anilines is 1. The number of aryl methyl sites for hydroxylation is 1.